The molecule has 0 radical (unpaired) electrons. The Morgan fingerprint density at radius 2 is 2.17 bits per heavy atom. The van der Waals surface area contributed by atoms with Gasteiger partial charge in [-0.2, -0.15) is 0 Å². The average Bonchev–Trinajstić information content (AvgIpc) is 2.03. The second kappa shape index (κ2) is 4.48. The minimum Gasteiger partial charge on any atom is -0.313 e. The van der Waals surface area contributed by atoms with Crippen LogP contribution in [-0.2, 0) is 6.54 Å². The van der Waals surface area contributed by atoms with E-state index in [1.807, 2.05) is 13.0 Å². The van der Waals surface area contributed by atoms with Crippen molar-refractivity contribution in [3.05, 3.63) is 34.3 Å². The van der Waals surface area contributed by atoms with Crippen LogP contribution in [0.1, 0.15) is 18.1 Å². The highest BCUT2D eigenvalue weighted by molar-refractivity contribution is 6.31. The zero-order valence-corrected chi connectivity index (χ0v) is 8.28. The van der Waals surface area contributed by atoms with Gasteiger partial charge in [-0.3, -0.25) is 0 Å². The van der Waals surface area contributed by atoms with Crippen LogP contribution in [0, 0.1) is 6.92 Å². The fraction of sp³-hybridized carbons (Fsp3) is 0.400. The lowest BCUT2D eigenvalue weighted by molar-refractivity contribution is 0.727. The summed E-state index contributed by atoms with van der Waals surface area (Å²) < 4.78 is 0. The van der Waals surface area contributed by atoms with Crippen LogP contribution in [0.3, 0.4) is 0 Å². The zero-order valence-electron chi connectivity index (χ0n) is 7.52. The van der Waals surface area contributed by atoms with E-state index in [2.05, 4.69) is 24.4 Å². The van der Waals surface area contributed by atoms with E-state index < -0.39 is 0 Å². The molecular weight excluding hydrogens is 170 g/mol. The maximum atomic E-state index is 6.03. The van der Waals surface area contributed by atoms with Crippen LogP contribution in [0.5, 0.6) is 0 Å². The Balaban J connectivity index is 2.72. The predicted octanol–water partition coefficient (Wildman–Crippen LogP) is 2.76. The first-order valence-electron chi connectivity index (χ1n) is 4.19. The molecule has 1 aromatic carbocycles. The molecule has 1 nitrogen and oxygen atoms in total. The highest BCUT2D eigenvalue weighted by Gasteiger charge is 1.98. The fourth-order valence-corrected chi connectivity index (χ4v) is 1.36. The van der Waals surface area contributed by atoms with E-state index in [4.69, 9.17) is 11.6 Å². The number of aryl methyl sites for hydroxylation is 1. The van der Waals surface area contributed by atoms with Gasteiger partial charge in [0.05, 0.1) is 0 Å². The largest absolute Gasteiger partial charge is 0.313 e. The predicted molar refractivity (Wildman–Crippen MR) is 53.6 cm³/mol. The molecule has 0 aliphatic carbocycles. The molecule has 0 aromatic heterocycles. The maximum absolute atomic E-state index is 6.03. The molecule has 0 aliphatic heterocycles. The van der Waals surface area contributed by atoms with Gasteiger partial charge in [-0.25, -0.2) is 0 Å². The number of nitrogens with one attached hydrogen (secondary N) is 1. The zero-order chi connectivity index (χ0) is 8.97. The van der Waals surface area contributed by atoms with Crippen LogP contribution in [0.4, 0.5) is 0 Å². The molecule has 0 bridgehead atoms. The van der Waals surface area contributed by atoms with Gasteiger partial charge >= 0.3 is 0 Å². The van der Waals surface area contributed by atoms with Gasteiger partial charge in [0.25, 0.3) is 0 Å². The molecule has 0 saturated carbocycles. The van der Waals surface area contributed by atoms with E-state index in [9.17, 15) is 0 Å². The van der Waals surface area contributed by atoms with Crippen molar-refractivity contribution in [2.45, 2.75) is 20.4 Å². The monoisotopic (exact) mass is 183 g/mol. The summed E-state index contributed by atoms with van der Waals surface area (Å²) in [7, 11) is 0. The van der Waals surface area contributed by atoms with E-state index in [0.717, 1.165) is 18.1 Å². The molecule has 0 aliphatic rings. The molecule has 12 heavy (non-hydrogen) atoms. The number of halogens is 1. The standard InChI is InChI=1S/C10H14ClN/c1-3-12-7-9-5-4-8(2)6-10(9)11/h4-6,12H,3,7H2,1-2H3. The van der Waals surface area contributed by atoms with E-state index >= 15 is 0 Å². The average molecular weight is 184 g/mol. The quantitative estimate of drug-likeness (QED) is 0.760. The van der Waals surface area contributed by atoms with Crippen molar-refractivity contribution < 1.29 is 0 Å². The maximum Gasteiger partial charge on any atom is 0.0453 e. The molecular formula is C10H14ClN. The SMILES string of the molecule is CCNCc1ccc(C)cc1Cl. The van der Waals surface area contributed by atoms with Crippen molar-refractivity contribution in [2.75, 3.05) is 6.54 Å². The highest BCUT2D eigenvalue weighted by atomic mass is 35.5. The molecule has 0 saturated heterocycles. The molecule has 2 heteroatoms. The van der Waals surface area contributed by atoms with Gasteiger partial charge in [-0.15, -0.1) is 0 Å². The van der Waals surface area contributed by atoms with Crippen molar-refractivity contribution in [2.24, 2.45) is 0 Å². The topological polar surface area (TPSA) is 12.0 Å². The van der Waals surface area contributed by atoms with Crippen LogP contribution < -0.4 is 5.32 Å². The molecule has 1 N–H and O–H groups in total. The normalized spacial score (nSPS) is 10.2. The Bertz CT molecular complexity index is 258. The summed E-state index contributed by atoms with van der Waals surface area (Å²) in [5, 5.41) is 4.10. The summed E-state index contributed by atoms with van der Waals surface area (Å²) in [5.41, 5.74) is 2.38. The van der Waals surface area contributed by atoms with Gasteiger partial charge in [-0.1, -0.05) is 30.7 Å². The van der Waals surface area contributed by atoms with Gasteiger partial charge < -0.3 is 5.32 Å². The minimum atomic E-state index is 0.857. The smallest absolute Gasteiger partial charge is 0.0453 e. The van der Waals surface area contributed by atoms with E-state index in [1.165, 1.54) is 11.1 Å². The molecule has 0 heterocycles. The molecule has 0 atom stereocenters. The Morgan fingerprint density at radius 3 is 2.75 bits per heavy atom. The molecule has 0 spiro atoms. The van der Waals surface area contributed by atoms with Crippen molar-refractivity contribution in [3.8, 4) is 0 Å². The van der Waals surface area contributed by atoms with E-state index in [1.54, 1.807) is 0 Å². The highest BCUT2D eigenvalue weighted by Crippen LogP contribution is 2.16. The summed E-state index contributed by atoms with van der Waals surface area (Å²) in [4.78, 5) is 0. The first-order chi connectivity index (χ1) is 5.74. The number of benzene rings is 1. The Morgan fingerprint density at radius 1 is 1.42 bits per heavy atom. The van der Waals surface area contributed by atoms with Crippen molar-refractivity contribution in [3.63, 3.8) is 0 Å². The Kier molecular flexibility index (Phi) is 3.57. The Hall–Kier alpha value is -0.530. The molecule has 66 valence electrons. The lowest BCUT2D eigenvalue weighted by Gasteiger charge is -2.04. The van der Waals surface area contributed by atoms with Crippen LogP contribution in [0.15, 0.2) is 18.2 Å². The lowest BCUT2D eigenvalue weighted by Crippen LogP contribution is -2.11. The molecule has 0 fully saturated rings. The first kappa shape index (κ1) is 9.56. The van der Waals surface area contributed by atoms with Gasteiger partial charge in [0.1, 0.15) is 0 Å². The number of rotatable bonds is 3. The summed E-state index contributed by atoms with van der Waals surface area (Å²) in [6.45, 7) is 5.96. The number of hydrogen-bond donors (Lipinski definition) is 1. The first-order valence-corrected chi connectivity index (χ1v) is 4.57. The van der Waals surface area contributed by atoms with Gasteiger partial charge in [-0.05, 0) is 30.7 Å². The fourth-order valence-electron chi connectivity index (χ4n) is 1.06. The summed E-state index contributed by atoms with van der Waals surface area (Å²) in [6, 6.07) is 6.15. The van der Waals surface area contributed by atoms with Gasteiger partial charge in [0.2, 0.25) is 0 Å². The summed E-state index contributed by atoms with van der Waals surface area (Å²) in [5.74, 6) is 0. The van der Waals surface area contributed by atoms with Gasteiger partial charge in [0, 0.05) is 11.6 Å². The van der Waals surface area contributed by atoms with Gasteiger partial charge in [0.15, 0.2) is 0 Å². The van der Waals surface area contributed by atoms with E-state index in [-0.39, 0.29) is 0 Å². The van der Waals surface area contributed by atoms with Crippen LogP contribution in [0.25, 0.3) is 0 Å². The van der Waals surface area contributed by atoms with Crippen molar-refractivity contribution in [1.29, 1.82) is 0 Å². The molecule has 0 amide bonds. The molecule has 1 aromatic rings. The molecule has 1 rings (SSSR count). The third-order valence-electron chi connectivity index (χ3n) is 1.77. The van der Waals surface area contributed by atoms with E-state index in [0.29, 0.717) is 0 Å². The van der Waals surface area contributed by atoms with Crippen LogP contribution in [-0.4, -0.2) is 6.54 Å². The molecule has 0 unspecified atom stereocenters. The third kappa shape index (κ3) is 2.50. The minimum absolute atomic E-state index is 0.857. The van der Waals surface area contributed by atoms with Crippen LogP contribution in [0.2, 0.25) is 5.02 Å². The Labute approximate surface area is 78.7 Å². The third-order valence-corrected chi connectivity index (χ3v) is 2.13. The second-order valence-electron chi connectivity index (χ2n) is 2.88. The number of hydrogen-bond acceptors (Lipinski definition) is 1. The summed E-state index contributed by atoms with van der Waals surface area (Å²) >= 11 is 6.03. The van der Waals surface area contributed by atoms with Crippen molar-refractivity contribution in [1.82, 2.24) is 5.32 Å². The lowest BCUT2D eigenvalue weighted by atomic mass is 10.1. The van der Waals surface area contributed by atoms with Crippen LogP contribution >= 0.6 is 11.6 Å². The second-order valence-corrected chi connectivity index (χ2v) is 3.28. The summed E-state index contributed by atoms with van der Waals surface area (Å²) in [6.07, 6.45) is 0. The van der Waals surface area contributed by atoms with Crippen molar-refractivity contribution >= 4 is 11.6 Å².